The molecule has 0 spiro atoms. The third-order valence-corrected chi connectivity index (χ3v) is 2.31. The summed E-state index contributed by atoms with van der Waals surface area (Å²) in [5, 5.41) is 2.72. The van der Waals surface area contributed by atoms with E-state index in [1.807, 2.05) is 6.07 Å². The van der Waals surface area contributed by atoms with Crippen molar-refractivity contribution in [2.45, 2.75) is 19.4 Å². The summed E-state index contributed by atoms with van der Waals surface area (Å²) in [5.41, 5.74) is 12.0. The standard InChI is InChI=1S/C12H17N3O2/c13-8-9-3-1-4-10(7-9)12(17)15-6-2-5-11(14)16/h1,3-4,7H,2,5-6,8,13H2,(H2,14,16)(H,15,17). The molecular formula is C12H17N3O2. The van der Waals surface area contributed by atoms with E-state index < -0.39 is 0 Å². The van der Waals surface area contributed by atoms with E-state index in [0.717, 1.165) is 5.56 Å². The Bertz CT molecular complexity index is 404. The molecule has 0 saturated heterocycles. The molecule has 1 rings (SSSR count). The Balaban J connectivity index is 2.43. The number of carbonyl (C=O) groups is 2. The number of amides is 2. The number of hydrogen-bond acceptors (Lipinski definition) is 3. The zero-order valence-corrected chi connectivity index (χ0v) is 9.61. The predicted molar refractivity (Wildman–Crippen MR) is 65.1 cm³/mol. The fraction of sp³-hybridized carbons (Fsp3) is 0.333. The molecule has 1 aromatic carbocycles. The van der Waals surface area contributed by atoms with Gasteiger partial charge in [-0.3, -0.25) is 9.59 Å². The van der Waals surface area contributed by atoms with Crippen LogP contribution in [-0.2, 0) is 11.3 Å². The van der Waals surface area contributed by atoms with Crippen molar-refractivity contribution in [3.05, 3.63) is 35.4 Å². The second-order valence-corrected chi connectivity index (χ2v) is 3.73. The van der Waals surface area contributed by atoms with E-state index in [0.29, 0.717) is 25.1 Å². The van der Waals surface area contributed by atoms with E-state index in [1.54, 1.807) is 18.2 Å². The minimum atomic E-state index is -0.357. The van der Waals surface area contributed by atoms with Gasteiger partial charge in [0.2, 0.25) is 5.91 Å². The first kappa shape index (κ1) is 13.2. The molecule has 5 nitrogen and oxygen atoms in total. The van der Waals surface area contributed by atoms with Gasteiger partial charge in [0.1, 0.15) is 0 Å². The minimum Gasteiger partial charge on any atom is -0.370 e. The molecule has 5 heteroatoms. The number of benzene rings is 1. The summed E-state index contributed by atoms with van der Waals surface area (Å²) in [6, 6.07) is 7.14. The molecule has 5 N–H and O–H groups in total. The summed E-state index contributed by atoms with van der Waals surface area (Å²) >= 11 is 0. The van der Waals surface area contributed by atoms with Gasteiger partial charge in [0, 0.05) is 25.1 Å². The number of carbonyl (C=O) groups excluding carboxylic acids is 2. The quantitative estimate of drug-likeness (QED) is 0.612. The Morgan fingerprint density at radius 2 is 2.06 bits per heavy atom. The van der Waals surface area contributed by atoms with Crippen molar-refractivity contribution in [1.82, 2.24) is 5.32 Å². The van der Waals surface area contributed by atoms with Gasteiger partial charge in [0.15, 0.2) is 0 Å². The van der Waals surface area contributed by atoms with Crippen LogP contribution in [-0.4, -0.2) is 18.4 Å². The predicted octanol–water partition coefficient (Wildman–Crippen LogP) is 0.141. The molecule has 0 aromatic heterocycles. The Hall–Kier alpha value is -1.88. The second kappa shape index (κ2) is 6.65. The molecule has 0 fully saturated rings. The highest BCUT2D eigenvalue weighted by Crippen LogP contribution is 2.04. The molecule has 0 atom stereocenters. The molecular weight excluding hydrogens is 218 g/mol. The number of rotatable bonds is 6. The van der Waals surface area contributed by atoms with Gasteiger partial charge in [-0.2, -0.15) is 0 Å². The molecule has 0 radical (unpaired) electrons. The smallest absolute Gasteiger partial charge is 0.251 e. The van der Waals surface area contributed by atoms with Crippen LogP contribution in [0.2, 0.25) is 0 Å². The first-order valence-corrected chi connectivity index (χ1v) is 5.49. The molecule has 2 amide bonds. The topological polar surface area (TPSA) is 98.2 Å². The molecule has 0 heterocycles. The third kappa shape index (κ3) is 4.65. The van der Waals surface area contributed by atoms with Crippen LogP contribution >= 0.6 is 0 Å². The third-order valence-electron chi connectivity index (χ3n) is 2.31. The number of nitrogens with two attached hydrogens (primary N) is 2. The van der Waals surface area contributed by atoms with E-state index in [9.17, 15) is 9.59 Å². The highest BCUT2D eigenvalue weighted by Gasteiger charge is 2.05. The lowest BCUT2D eigenvalue weighted by Crippen LogP contribution is -2.25. The van der Waals surface area contributed by atoms with Crippen LogP contribution in [0.25, 0.3) is 0 Å². The van der Waals surface area contributed by atoms with Gasteiger partial charge < -0.3 is 16.8 Å². The van der Waals surface area contributed by atoms with E-state index >= 15 is 0 Å². The summed E-state index contributed by atoms with van der Waals surface area (Å²) in [6.07, 6.45) is 0.834. The van der Waals surface area contributed by atoms with Crippen molar-refractivity contribution in [2.75, 3.05) is 6.54 Å². The Morgan fingerprint density at radius 1 is 1.29 bits per heavy atom. The number of nitrogens with one attached hydrogen (secondary N) is 1. The van der Waals surface area contributed by atoms with Gasteiger partial charge in [0.05, 0.1) is 0 Å². The number of primary amides is 1. The lowest BCUT2D eigenvalue weighted by Gasteiger charge is -2.05. The van der Waals surface area contributed by atoms with Crippen LogP contribution < -0.4 is 16.8 Å². The van der Waals surface area contributed by atoms with Gasteiger partial charge in [0.25, 0.3) is 5.91 Å². The highest BCUT2D eigenvalue weighted by molar-refractivity contribution is 5.94. The SMILES string of the molecule is NCc1cccc(C(=O)NCCCC(N)=O)c1. The van der Waals surface area contributed by atoms with Gasteiger partial charge in [-0.15, -0.1) is 0 Å². The van der Waals surface area contributed by atoms with Gasteiger partial charge >= 0.3 is 0 Å². The monoisotopic (exact) mass is 235 g/mol. The van der Waals surface area contributed by atoms with Crippen molar-refractivity contribution in [3.63, 3.8) is 0 Å². The van der Waals surface area contributed by atoms with Crippen molar-refractivity contribution >= 4 is 11.8 Å². The first-order chi connectivity index (χ1) is 8.13. The fourth-order valence-corrected chi connectivity index (χ4v) is 1.41. The molecule has 0 saturated carbocycles. The van der Waals surface area contributed by atoms with Gasteiger partial charge in [-0.1, -0.05) is 12.1 Å². The van der Waals surface area contributed by atoms with Crippen molar-refractivity contribution in [1.29, 1.82) is 0 Å². The zero-order valence-electron chi connectivity index (χ0n) is 9.61. The van der Waals surface area contributed by atoms with E-state index in [4.69, 9.17) is 11.5 Å². The van der Waals surface area contributed by atoms with Crippen molar-refractivity contribution < 1.29 is 9.59 Å². The summed E-state index contributed by atoms with van der Waals surface area (Å²) in [5.74, 6) is -0.519. The minimum absolute atomic E-state index is 0.162. The van der Waals surface area contributed by atoms with Crippen molar-refractivity contribution in [2.24, 2.45) is 11.5 Å². The average molecular weight is 235 g/mol. The molecule has 92 valence electrons. The average Bonchev–Trinajstić information content (AvgIpc) is 2.34. The van der Waals surface area contributed by atoms with Crippen molar-refractivity contribution in [3.8, 4) is 0 Å². The molecule has 0 aliphatic heterocycles. The Labute approximate surface area is 100 Å². The van der Waals surface area contributed by atoms with E-state index in [-0.39, 0.29) is 18.2 Å². The van der Waals surface area contributed by atoms with Crippen LogP contribution in [0.15, 0.2) is 24.3 Å². The van der Waals surface area contributed by atoms with Crippen LogP contribution in [0.3, 0.4) is 0 Å². The highest BCUT2D eigenvalue weighted by atomic mass is 16.2. The Morgan fingerprint density at radius 3 is 2.71 bits per heavy atom. The largest absolute Gasteiger partial charge is 0.370 e. The molecule has 17 heavy (non-hydrogen) atoms. The first-order valence-electron chi connectivity index (χ1n) is 5.49. The second-order valence-electron chi connectivity index (χ2n) is 3.73. The van der Waals surface area contributed by atoms with Crippen LogP contribution in [0.1, 0.15) is 28.8 Å². The molecule has 0 aliphatic rings. The normalized spacial score (nSPS) is 9.94. The van der Waals surface area contributed by atoms with E-state index in [2.05, 4.69) is 5.32 Å². The molecule has 0 unspecified atom stereocenters. The zero-order chi connectivity index (χ0) is 12.7. The van der Waals surface area contributed by atoms with Crippen LogP contribution in [0.5, 0.6) is 0 Å². The Kier molecular flexibility index (Phi) is 5.16. The maximum absolute atomic E-state index is 11.7. The molecule has 1 aromatic rings. The van der Waals surface area contributed by atoms with E-state index in [1.165, 1.54) is 0 Å². The van der Waals surface area contributed by atoms with Crippen LogP contribution in [0.4, 0.5) is 0 Å². The lowest BCUT2D eigenvalue weighted by atomic mass is 10.1. The molecule has 0 bridgehead atoms. The summed E-state index contributed by atoms with van der Waals surface area (Å²) in [7, 11) is 0. The maximum atomic E-state index is 11.7. The molecule has 0 aliphatic carbocycles. The number of hydrogen-bond donors (Lipinski definition) is 3. The lowest BCUT2D eigenvalue weighted by molar-refractivity contribution is -0.118. The van der Waals surface area contributed by atoms with Gasteiger partial charge in [-0.05, 0) is 24.1 Å². The summed E-state index contributed by atoms with van der Waals surface area (Å²) in [4.78, 5) is 22.2. The fourth-order valence-electron chi connectivity index (χ4n) is 1.41. The maximum Gasteiger partial charge on any atom is 0.251 e. The summed E-state index contributed by atoms with van der Waals surface area (Å²) < 4.78 is 0. The summed E-state index contributed by atoms with van der Waals surface area (Å²) in [6.45, 7) is 0.845. The van der Waals surface area contributed by atoms with Gasteiger partial charge in [-0.25, -0.2) is 0 Å². The van der Waals surface area contributed by atoms with Crippen LogP contribution in [0, 0.1) is 0 Å².